The maximum Gasteiger partial charge on any atom is 0.0218 e. The molecule has 10 heteroatoms. The second-order valence-electron chi connectivity index (χ2n) is 21.6. The zero-order valence-electron chi connectivity index (χ0n) is 38.4. The predicted molar refractivity (Wildman–Crippen MR) is 240 cm³/mol. The van der Waals surface area contributed by atoms with Crippen molar-refractivity contribution in [3.05, 3.63) is 0 Å². The molecule has 0 aromatic heterocycles. The van der Waals surface area contributed by atoms with Crippen LogP contribution in [0.25, 0.3) is 0 Å². The van der Waals surface area contributed by atoms with Gasteiger partial charge >= 0.3 is 0 Å². The molecule has 11 rings (SSSR count). The number of hydrogen-bond acceptors (Lipinski definition) is 10. The summed E-state index contributed by atoms with van der Waals surface area (Å²) in [5.74, 6) is 1.57. The molecule has 8 atom stereocenters. The maximum atomic E-state index is 3.66. The molecule has 10 nitrogen and oxygen atoms in total. The molecule has 11 aliphatic rings. The van der Waals surface area contributed by atoms with Crippen molar-refractivity contribution in [3.8, 4) is 0 Å². The van der Waals surface area contributed by atoms with Crippen LogP contribution in [0.3, 0.4) is 0 Å². The normalized spacial score (nSPS) is 38.2. The summed E-state index contributed by atoms with van der Waals surface area (Å²) in [6.45, 7) is 33.5. The summed E-state index contributed by atoms with van der Waals surface area (Å²) in [6, 6.07) is 10.8. The van der Waals surface area contributed by atoms with Crippen molar-refractivity contribution in [3.63, 3.8) is 0 Å². The molecule has 5 saturated carbocycles. The molecule has 6 saturated heterocycles. The first-order valence-electron chi connectivity index (χ1n) is 24.9. The van der Waals surface area contributed by atoms with Crippen molar-refractivity contribution in [2.75, 3.05) is 78.5 Å². The average molecular weight is 797 g/mol. The van der Waals surface area contributed by atoms with E-state index >= 15 is 0 Å². The minimum atomic E-state index is 0.694. The fraction of sp³-hybridized carbons (Fsp3) is 1.00. The lowest BCUT2D eigenvalue weighted by Gasteiger charge is -2.37. The van der Waals surface area contributed by atoms with E-state index in [4.69, 9.17) is 0 Å². The molecular formula is C47H92N10. The molecule has 57 heavy (non-hydrogen) atoms. The lowest BCUT2D eigenvalue weighted by atomic mass is 10.0. The second-order valence-corrected chi connectivity index (χ2v) is 21.6. The quantitative estimate of drug-likeness (QED) is 0.256. The Labute approximate surface area is 351 Å². The third-order valence-corrected chi connectivity index (χ3v) is 15.0. The van der Waals surface area contributed by atoms with Crippen LogP contribution in [0, 0.1) is 11.8 Å². The molecular weight excluding hydrogens is 705 g/mol. The Kier molecular flexibility index (Phi) is 16.5. The van der Waals surface area contributed by atoms with E-state index in [2.05, 4.69) is 106 Å². The third-order valence-electron chi connectivity index (χ3n) is 15.0. The fourth-order valence-corrected chi connectivity index (χ4v) is 10.7. The van der Waals surface area contributed by atoms with Crippen LogP contribution in [0.4, 0.5) is 0 Å². The molecule has 11 fully saturated rings. The van der Waals surface area contributed by atoms with Gasteiger partial charge in [-0.1, -0.05) is 27.7 Å². The van der Waals surface area contributed by atoms with Gasteiger partial charge in [0.15, 0.2) is 0 Å². The molecule has 5 aliphatic carbocycles. The van der Waals surface area contributed by atoms with Gasteiger partial charge in [-0.25, -0.2) is 0 Å². The minimum Gasteiger partial charge on any atom is -0.311 e. The van der Waals surface area contributed by atoms with Gasteiger partial charge in [0.2, 0.25) is 0 Å². The highest BCUT2D eigenvalue weighted by Gasteiger charge is 2.39. The molecule has 0 amide bonds. The third kappa shape index (κ3) is 14.6. The lowest BCUT2D eigenvalue weighted by Crippen LogP contribution is -2.54. The topological polar surface area (TPSA) is 76.3 Å². The largest absolute Gasteiger partial charge is 0.311 e. The number of hydrogen-bond donors (Lipinski definition) is 5. The van der Waals surface area contributed by atoms with E-state index < -0.39 is 0 Å². The molecule has 0 spiro atoms. The molecule has 5 N–H and O–H groups in total. The van der Waals surface area contributed by atoms with Crippen LogP contribution in [-0.2, 0) is 0 Å². The number of nitrogens with one attached hydrogen (secondary N) is 5. The smallest absolute Gasteiger partial charge is 0.0218 e. The highest BCUT2D eigenvalue weighted by Crippen LogP contribution is 2.33. The molecule has 2 unspecified atom stereocenters. The number of piperazine rings is 5. The van der Waals surface area contributed by atoms with Crippen LogP contribution in [0.5, 0.6) is 0 Å². The van der Waals surface area contributed by atoms with Crippen molar-refractivity contribution in [1.82, 2.24) is 51.1 Å². The molecule has 0 aromatic carbocycles. The Hall–Kier alpha value is -0.400. The Morgan fingerprint density at radius 3 is 1.25 bits per heavy atom. The van der Waals surface area contributed by atoms with E-state index in [-0.39, 0.29) is 0 Å². The summed E-state index contributed by atoms with van der Waals surface area (Å²) in [4.78, 5) is 13.4. The van der Waals surface area contributed by atoms with Crippen LogP contribution in [0.2, 0.25) is 0 Å². The van der Waals surface area contributed by atoms with E-state index in [1.165, 1.54) is 156 Å². The zero-order valence-corrected chi connectivity index (χ0v) is 38.4. The first-order valence-corrected chi connectivity index (χ1v) is 24.9. The van der Waals surface area contributed by atoms with E-state index in [0.29, 0.717) is 18.1 Å². The number of nitrogens with zero attached hydrogens (tertiary/aromatic N) is 5. The van der Waals surface area contributed by atoms with Crippen molar-refractivity contribution in [1.29, 1.82) is 0 Å². The van der Waals surface area contributed by atoms with Crippen molar-refractivity contribution in [2.24, 2.45) is 11.8 Å². The molecule has 6 aliphatic heterocycles. The standard InChI is InChI=1S/2C10H20N2.C9H16N2.2C9H18N2/c2*1-8(2)10-7-12(6-5-11-10)9-3-4-9;1-2-8-6-11(9-3-4-9)5-7(1)10-8;1-7-6-11(9-3-4-9)8(2)5-10-7;1-7-5-11(9-3-4-9)6-8(2)10-7/h2*8-11H,3-7H2,1-2H3;7-10H,1-6H2;2*7-10H,3-6H2,1-2H3/t2*10-;;2*7-,8+/m10.0./s1. The van der Waals surface area contributed by atoms with Gasteiger partial charge in [-0.2, -0.15) is 0 Å². The van der Waals surface area contributed by atoms with Crippen molar-refractivity contribution < 1.29 is 0 Å². The summed E-state index contributed by atoms with van der Waals surface area (Å²) in [5, 5.41) is 17.9. The van der Waals surface area contributed by atoms with Gasteiger partial charge in [0.25, 0.3) is 0 Å². The van der Waals surface area contributed by atoms with Crippen LogP contribution >= 0.6 is 0 Å². The van der Waals surface area contributed by atoms with Gasteiger partial charge in [0, 0.05) is 157 Å². The molecule has 2 bridgehead atoms. The number of likely N-dealkylation sites (tertiary alicyclic amines) is 1. The van der Waals surface area contributed by atoms with E-state index in [0.717, 1.165) is 72.3 Å². The maximum absolute atomic E-state index is 3.66. The van der Waals surface area contributed by atoms with Crippen LogP contribution in [-0.4, -0.2) is 182 Å². The van der Waals surface area contributed by atoms with Crippen LogP contribution in [0.1, 0.15) is 132 Å². The Morgan fingerprint density at radius 1 is 0.404 bits per heavy atom. The number of rotatable bonds is 7. The molecule has 330 valence electrons. The predicted octanol–water partition coefficient (Wildman–Crippen LogP) is 4.40. The Morgan fingerprint density at radius 2 is 0.825 bits per heavy atom. The van der Waals surface area contributed by atoms with Gasteiger partial charge in [-0.05, 0) is 117 Å². The summed E-state index contributed by atoms with van der Waals surface area (Å²) in [5.41, 5.74) is 0. The van der Waals surface area contributed by atoms with Gasteiger partial charge < -0.3 is 26.6 Å². The summed E-state index contributed by atoms with van der Waals surface area (Å²) in [7, 11) is 0. The zero-order chi connectivity index (χ0) is 40.1. The SMILES string of the molecule is C1CC2CN(C3CC3)CC1N2.CC(C)[C@@H]1CN(C2CC2)CCN1.CC(C)[C@H]1CN(C2CC2)CCN1.C[C@@H]1CN(C2CC2)C[C@H](C)N1.C[C@@H]1CN[C@@H](C)CN1C1CC1. The summed E-state index contributed by atoms with van der Waals surface area (Å²) >= 11 is 0. The van der Waals surface area contributed by atoms with Gasteiger partial charge in [-0.3, -0.25) is 24.5 Å². The van der Waals surface area contributed by atoms with Gasteiger partial charge in [0.05, 0.1) is 0 Å². The number of fused-ring (bicyclic) bond motifs is 2. The fourth-order valence-electron chi connectivity index (χ4n) is 10.7. The van der Waals surface area contributed by atoms with E-state index in [9.17, 15) is 0 Å². The van der Waals surface area contributed by atoms with Crippen LogP contribution < -0.4 is 26.6 Å². The van der Waals surface area contributed by atoms with Crippen LogP contribution in [0.15, 0.2) is 0 Å². The van der Waals surface area contributed by atoms with Crippen molar-refractivity contribution >= 4 is 0 Å². The Bertz CT molecular complexity index is 1080. The molecule has 0 radical (unpaired) electrons. The summed E-state index contributed by atoms with van der Waals surface area (Å²) < 4.78 is 0. The highest BCUT2D eigenvalue weighted by molar-refractivity contribution is 4.98. The van der Waals surface area contributed by atoms with Crippen molar-refractivity contribution in [2.45, 2.75) is 211 Å². The average Bonchev–Trinajstić information content (AvgIpc) is 4.01. The minimum absolute atomic E-state index is 0.694. The molecule has 0 aromatic rings. The lowest BCUT2D eigenvalue weighted by molar-refractivity contribution is 0.138. The van der Waals surface area contributed by atoms with E-state index in [1.54, 1.807) is 0 Å². The first kappa shape index (κ1) is 44.6. The van der Waals surface area contributed by atoms with E-state index in [1.807, 2.05) is 0 Å². The monoisotopic (exact) mass is 797 g/mol. The highest BCUT2D eigenvalue weighted by atomic mass is 15.3. The summed E-state index contributed by atoms with van der Waals surface area (Å²) in [6.07, 6.45) is 17.4. The first-order chi connectivity index (χ1) is 27.5. The molecule has 6 heterocycles. The second kappa shape index (κ2) is 21.1. The van der Waals surface area contributed by atoms with Gasteiger partial charge in [-0.15, -0.1) is 0 Å². The Balaban J connectivity index is 0.000000109. The van der Waals surface area contributed by atoms with Gasteiger partial charge in [0.1, 0.15) is 0 Å².